The van der Waals surface area contributed by atoms with E-state index in [1.54, 1.807) is 0 Å². The van der Waals surface area contributed by atoms with E-state index in [1.165, 1.54) is 12.1 Å². The van der Waals surface area contributed by atoms with Gasteiger partial charge in [0.15, 0.2) is 6.29 Å². The molecule has 0 spiro atoms. The maximum Gasteiger partial charge on any atom is 0.153 e. The van der Waals surface area contributed by atoms with Crippen LogP contribution in [0, 0.1) is 0 Å². The van der Waals surface area contributed by atoms with Gasteiger partial charge in [0, 0.05) is 0 Å². The number of hydrogen-bond donors (Lipinski definition) is 1. The van der Waals surface area contributed by atoms with Gasteiger partial charge in [-0.3, -0.25) is 4.79 Å². The van der Waals surface area contributed by atoms with E-state index in [4.69, 9.17) is 11.6 Å². The molecule has 0 radical (unpaired) electrons. The molecule has 0 saturated carbocycles. The van der Waals surface area contributed by atoms with E-state index in [-0.39, 0.29) is 11.3 Å². The van der Waals surface area contributed by atoms with Crippen LogP contribution < -0.4 is 0 Å². The van der Waals surface area contributed by atoms with Gasteiger partial charge in [-0.05, 0) is 28.1 Å². The largest absolute Gasteiger partial charge is 0.506 e. The molecule has 1 rings (SSSR count). The molecular weight excluding hydrogens is 231 g/mol. The number of carbonyl (C=O) groups is 1. The number of halogens is 2. The number of aldehydes is 1. The van der Waals surface area contributed by atoms with Crippen LogP contribution in [-0.2, 0) is 0 Å². The topological polar surface area (TPSA) is 37.3 Å². The molecule has 0 saturated heterocycles. The van der Waals surface area contributed by atoms with Crippen LogP contribution in [0.15, 0.2) is 16.6 Å². The van der Waals surface area contributed by atoms with Crippen molar-refractivity contribution < 1.29 is 9.90 Å². The molecule has 1 aromatic rings. The van der Waals surface area contributed by atoms with Gasteiger partial charge in [-0.15, -0.1) is 0 Å². The van der Waals surface area contributed by atoms with Gasteiger partial charge in [-0.2, -0.15) is 0 Å². The first-order valence-electron chi connectivity index (χ1n) is 2.79. The quantitative estimate of drug-likeness (QED) is 0.760. The van der Waals surface area contributed by atoms with E-state index in [2.05, 4.69) is 15.9 Å². The summed E-state index contributed by atoms with van der Waals surface area (Å²) in [7, 11) is 0. The highest BCUT2D eigenvalue weighted by Gasteiger charge is 2.07. The van der Waals surface area contributed by atoms with Crippen molar-refractivity contribution in [3.8, 4) is 5.75 Å². The maximum absolute atomic E-state index is 10.3. The summed E-state index contributed by atoms with van der Waals surface area (Å²) in [6, 6.07) is 2.99. The zero-order chi connectivity index (χ0) is 8.43. The van der Waals surface area contributed by atoms with E-state index in [0.717, 1.165) is 0 Å². The summed E-state index contributed by atoms with van der Waals surface area (Å²) in [5.41, 5.74) is 0.223. The molecule has 0 aliphatic rings. The van der Waals surface area contributed by atoms with E-state index in [1.807, 2.05) is 0 Å². The molecular formula is C7H4BrClO2. The van der Waals surface area contributed by atoms with Gasteiger partial charge in [0.25, 0.3) is 0 Å². The van der Waals surface area contributed by atoms with Crippen LogP contribution in [0.4, 0.5) is 0 Å². The van der Waals surface area contributed by atoms with Gasteiger partial charge in [0.2, 0.25) is 0 Å². The smallest absolute Gasteiger partial charge is 0.153 e. The molecule has 0 unspecified atom stereocenters. The molecule has 0 fully saturated rings. The minimum absolute atomic E-state index is 0.118. The third kappa shape index (κ3) is 1.54. The lowest BCUT2D eigenvalue weighted by molar-refractivity contribution is 0.112. The van der Waals surface area contributed by atoms with E-state index in [9.17, 15) is 9.90 Å². The highest BCUT2D eigenvalue weighted by Crippen LogP contribution is 2.33. The second-order valence-corrected chi connectivity index (χ2v) is 3.12. The van der Waals surface area contributed by atoms with Crippen molar-refractivity contribution >= 4 is 33.8 Å². The number of aromatic hydroxyl groups is 1. The van der Waals surface area contributed by atoms with Gasteiger partial charge in [-0.1, -0.05) is 11.6 Å². The van der Waals surface area contributed by atoms with Gasteiger partial charge in [0.05, 0.1) is 15.1 Å². The molecule has 4 heteroatoms. The molecule has 0 amide bonds. The van der Waals surface area contributed by atoms with Gasteiger partial charge in [0.1, 0.15) is 5.75 Å². The monoisotopic (exact) mass is 234 g/mol. The van der Waals surface area contributed by atoms with Crippen molar-refractivity contribution in [2.24, 2.45) is 0 Å². The van der Waals surface area contributed by atoms with Crippen LogP contribution in [-0.4, -0.2) is 11.4 Å². The zero-order valence-corrected chi connectivity index (χ0v) is 7.69. The van der Waals surface area contributed by atoms with E-state index >= 15 is 0 Å². The number of carbonyl (C=O) groups excluding carboxylic acids is 1. The molecule has 0 atom stereocenters. The van der Waals surface area contributed by atoms with Crippen LogP contribution in [0.1, 0.15) is 10.4 Å². The van der Waals surface area contributed by atoms with Crippen molar-refractivity contribution in [3.05, 3.63) is 27.2 Å². The number of hydrogen-bond acceptors (Lipinski definition) is 2. The Morgan fingerprint density at radius 1 is 1.55 bits per heavy atom. The highest BCUT2D eigenvalue weighted by molar-refractivity contribution is 9.10. The molecule has 0 aromatic heterocycles. The lowest BCUT2D eigenvalue weighted by Gasteiger charge is -2.00. The second kappa shape index (κ2) is 3.24. The Bertz CT molecular complexity index is 299. The molecule has 2 nitrogen and oxygen atoms in total. The normalized spacial score (nSPS) is 9.64. The SMILES string of the molecule is O=Cc1ccc(Cl)c(Br)c1O. The minimum atomic E-state index is -0.118. The Morgan fingerprint density at radius 2 is 2.18 bits per heavy atom. The lowest BCUT2D eigenvalue weighted by Crippen LogP contribution is -1.82. The Kier molecular flexibility index (Phi) is 2.52. The number of phenols is 1. The summed E-state index contributed by atoms with van der Waals surface area (Å²) < 4.78 is 0.351. The predicted molar refractivity (Wildman–Crippen MR) is 46.2 cm³/mol. The van der Waals surface area contributed by atoms with Crippen LogP contribution in [0.3, 0.4) is 0 Å². The number of benzene rings is 1. The van der Waals surface area contributed by atoms with Crippen molar-refractivity contribution in [2.75, 3.05) is 0 Å². The van der Waals surface area contributed by atoms with Crippen molar-refractivity contribution in [2.45, 2.75) is 0 Å². The summed E-state index contributed by atoms with van der Waals surface area (Å²) in [6.45, 7) is 0. The predicted octanol–water partition coefficient (Wildman–Crippen LogP) is 2.62. The summed E-state index contributed by atoms with van der Waals surface area (Å²) in [5.74, 6) is -0.118. The van der Waals surface area contributed by atoms with Crippen molar-refractivity contribution in [3.63, 3.8) is 0 Å². The first kappa shape index (κ1) is 8.56. The van der Waals surface area contributed by atoms with Crippen molar-refractivity contribution in [1.82, 2.24) is 0 Å². The standard InChI is InChI=1S/C7H4BrClO2/c8-6-5(9)2-1-4(3-10)7(6)11/h1-3,11H. The van der Waals surface area contributed by atoms with Crippen molar-refractivity contribution in [1.29, 1.82) is 0 Å². The van der Waals surface area contributed by atoms with Crippen LogP contribution in [0.5, 0.6) is 5.75 Å². The second-order valence-electron chi connectivity index (χ2n) is 1.92. The van der Waals surface area contributed by atoms with E-state index in [0.29, 0.717) is 15.8 Å². The fourth-order valence-electron chi connectivity index (χ4n) is 0.650. The molecule has 0 heterocycles. The first-order chi connectivity index (χ1) is 5.16. The fraction of sp³-hybridized carbons (Fsp3) is 0. The molecule has 0 bridgehead atoms. The average Bonchev–Trinajstić information content (AvgIpc) is 2.01. The fourth-order valence-corrected chi connectivity index (χ4v) is 1.16. The van der Waals surface area contributed by atoms with Crippen LogP contribution >= 0.6 is 27.5 Å². The molecule has 0 aliphatic carbocycles. The maximum atomic E-state index is 10.3. The van der Waals surface area contributed by atoms with Crippen LogP contribution in [0.2, 0.25) is 5.02 Å². The lowest BCUT2D eigenvalue weighted by atomic mass is 10.2. The molecule has 1 aromatic carbocycles. The minimum Gasteiger partial charge on any atom is -0.506 e. The number of rotatable bonds is 1. The van der Waals surface area contributed by atoms with Gasteiger partial charge in [-0.25, -0.2) is 0 Å². The highest BCUT2D eigenvalue weighted by atomic mass is 79.9. The van der Waals surface area contributed by atoms with Gasteiger partial charge >= 0.3 is 0 Å². The summed E-state index contributed by atoms with van der Waals surface area (Å²) in [5, 5.41) is 9.60. The summed E-state index contributed by atoms with van der Waals surface area (Å²) in [4.78, 5) is 10.3. The molecule has 58 valence electrons. The third-order valence-electron chi connectivity index (χ3n) is 1.23. The average molecular weight is 235 g/mol. The number of phenolic OH excluding ortho intramolecular Hbond substituents is 1. The molecule has 1 N–H and O–H groups in total. The summed E-state index contributed by atoms with van der Waals surface area (Å²) in [6.07, 6.45) is 0.566. The Hall–Kier alpha value is -0.540. The Labute approximate surface area is 76.9 Å². The third-order valence-corrected chi connectivity index (χ3v) is 2.57. The summed E-state index contributed by atoms with van der Waals surface area (Å²) >= 11 is 8.65. The van der Waals surface area contributed by atoms with Gasteiger partial charge < -0.3 is 5.11 Å². The molecule has 0 aliphatic heterocycles. The first-order valence-corrected chi connectivity index (χ1v) is 3.96. The Morgan fingerprint density at radius 3 is 2.73 bits per heavy atom. The van der Waals surface area contributed by atoms with E-state index < -0.39 is 0 Å². The zero-order valence-electron chi connectivity index (χ0n) is 5.34. The molecule has 11 heavy (non-hydrogen) atoms. The Balaban J connectivity index is 3.36. The van der Waals surface area contributed by atoms with Crippen LogP contribution in [0.25, 0.3) is 0 Å².